The van der Waals surface area contributed by atoms with Gasteiger partial charge in [0, 0.05) is 27.9 Å². The number of ether oxygens (including phenoxy) is 1. The second-order valence-electron chi connectivity index (χ2n) is 5.18. The zero-order chi connectivity index (χ0) is 19.3. The lowest BCUT2D eigenvalue weighted by molar-refractivity contribution is -0.384. The first-order chi connectivity index (χ1) is 12.3. The Morgan fingerprint density at radius 1 is 1.15 bits per heavy atom. The number of nitro groups is 1. The molecule has 0 spiro atoms. The van der Waals surface area contributed by atoms with Crippen LogP contribution in [0.25, 0.3) is 0 Å². The summed E-state index contributed by atoms with van der Waals surface area (Å²) < 4.78 is 4.96. The van der Waals surface area contributed by atoms with Crippen LogP contribution < -0.4 is 5.32 Å². The molecule has 0 fully saturated rings. The van der Waals surface area contributed by atoms with Crippen LogP contribution in [-0.4, -0.2) is 23.4 Å². The van der Waals surface area contributed by atoms with Gasteiger partial charge in [-0.05, 0) is 30.7 Å². The van der Waals surface area contributed by atoms with Crippen LogP contribution in [0.5, 0.6) is 0 Å². The van der Waals surface area contributed by atoms with E-state index >= 15 is 0 Å². The van der Waals surface area contributed by atoms with Gasteiger partial charge in [-0.2, -0.15) is 0 Å². The second kappa shape index (κ2) is 8.64. The molecule has 0 aliphatic heterocycles. The molecule has 9 heteroatoms. The fourth-order valence-corrected chi connectivity index (χ4v) is 2.78. The van der Waals surface area contributed by atoms with Gasteiger partial charge < -0.3 is 10.1 Å². The van der Waals surface area contributed by atoms with Crippen molar-refractivity contribution in [3.8, 4) is 0 Å². The highest BCUT2D eigenvalue weighted by atomic mass is 35.5. The fraction of sp³-hybridized carbons (Fsp3) is 0.176. The van der Waals surface area contributed by atoms with Gasteiger partial charge in [-0.1, -0.05) is 35.3 Å². The van der Waals surface area contributed by atoms with Crippen LogP contribution in [0.4, 0.5) is 11.4 Å². The number of hydrogen-bond acceptors (Lipinski definition) is 5. The summed E-state index contributed by atoms with van der Waals surface area (Å²) in [6.07, 6.45) is 0. The van der Waals surface area contributed by atoms with Crippen molar-refractivity contribution in [2.45, 2.75) is 12.8 Å². The first-order valence-corrected chi connectivity index (χ1v) is 8.25. The Bertz CT molecular complexity index is 819. The fourth-order valence-electron chi connectivity index (χ4n) is 2.25. The van der Waals surface area contributed by atoms with Crippen molar-refractivity contribution in [3.05, 3.63) is 68.2 Å². The lowest BCUT2D eigenvalue weighted by atomic mass is 9.97. The Labute approximate surface area is 159 Å². The minimum Gasteiger partial charge on any atom is -0.465 e. The maximum absolute atomic E-state index is 12.6. The molecule has 1 amide bonds. The van der Waals surface area contributed by atoms with Crippen molar-refractivity contribution in [1.82, 2.24) is 0 Å². The van der Waals surface area contributed by atoms with Crippen molar-refractivity contribution in [2.24, 2.45) is 0 Å². The Morgan fingerprint density at radius 3 is 2.23 bits per heavy atom. The van der Waals surface area contributed by atoms with E-state index in [1.807, 2.05) is 0 Å². The molecule has 26 heavy (non-hydrogen) atoms. The van der Waals surface area contributed by atoms with Crippen LogP contribution in [0.1, 0.15) is 18.4 Å². The smallest absolute Gasteiger partial charge is 0.323 e. The zero-order valence-corrected chi connectivity index (χ0v) is 15.1. The standard InChI is InChI=1S/C17H14Cl2N2O5/c1-2-26-17(23)15(10-3-5-14(6-4-10)21(24)25)16(22)20-13-8-11(18)7-12(19)9-13/h3-9,15H,2H2,1H3,(H,20,22). The Morgan fingerprint density at radius 2 is 1.73 bits per heavy atom. The highest BCUT2D eigenvalue weighted by molar-refractivity contribution is 6.35. The Kier molecular flexibility index (Phi) is 6.54. The number of carbonyl (C=O) groups is 2. The first kappa shape index (κ1) is 19.7. The number of rotatable bonds is 6. The number of nitrogens with zero attached hydrogens (tertiary/aromatic N) is 1. The number of carbonyl (C=O) groups excluding carboxylic acids is 2. The number of halogens is 2. The van der Waals surface area contributed by atoms with Gasteiger partial charge >= 0.3 is 5.97 Å². The monoisotopic (exact) mass is 396 g/mol. The third kappa shape index (κ3) is 4.93. The van der Waals surface area contributed by atoms with Crippen LogP contribution in [-0.2, 0) is 14.3 Å². The van der Waals surface area contributed by atoms with Crippen molar-refractivity contribution >= 4 is 46.5 Å². The molecule has 0 saturated heterocycles. The number of esters is 1. The summed E-state index contributed by atoms with van der Waals surface area (Å²) in [6, 6.07) is 9.55. The molecule has 0 saturated carbocycles. The molecule has 0 heterocycles. The van der Waals surface area contributed by atoms with E-state index in [1.165, 1.54) is 42.5 Å². The molecule has 2 aromatic rings. The quantitative estimate of drug-likeness (QED) is 0.341. The molecule has 1 atom stereocenters. The Hall–Kier alpha value is -2.64. The highest BCUT2D eigenvalue weighted by Crippen LogP contribution is 2.26. The molecule has 1 unspecified atom stereocenters. The van der Waals surface area contributed by atoms with Gasteiger partial charge in [-0.3, -0.25) is 19.7 Å². The number of nitro benzene ring substituents is 1. The van der Waals surface area contributed by atoms with Gasteiger partial charge in [-0.15, -0.1) is 0 Å². The molecule has 0 aromatic heterocycles. The lowest BCUT2D eigenvalue weighted by Crippen LogP contribution is -2.29. The summed E-state index contributed by atoms with van der Waals surface area (Å²) in [7, 11) is 0. The number of benzene rings is 2. The zero-order valence-electron chi connectivity index (χ0n) is 13.6. The number of hydrogen-bond donors (Lipinski definition) is 1. The van der Waals surface area contributed by atoms with E-state index in [2.05, 4.69) is 5.32 Å². The summed E-state index contributed by atoms with van der Waals surface area (Å²) in [4.78, 5) is 35.1. The molecular formula is C17H14Cl2N2O5. The average molecular weight is 397 g/mol. The highest BCUT2D eigenvalue weighted by Gasteiger charge is 2.30. The van der Waals surface area contributed by atoms with Crippen molar-refractivity contribution in [1.29, 1.82) is 0 Å². The molecule has 0 aliphatic carbocycles. The topological polar surface area (TPSA) is 98.5 Å². The maximum atomic E-state index is 12.6. The minimum absolute atomic E-state index is 0.0819. The number of non-ortho nitro benzene ring substituents is 1. The lowest BCUT2D eigenvalue weighted by Gasteiger charge is -2.16. The summed E-state index contributed by atoms with van der Waals surface area (Å²) >= 11 is 11.8. The normalized spacial score (nSPS) is 11.5. The van der Waals surface area contributed by atoms with E-state index in [9.17, 15) is 19.7 Å². The summed E-state index contributed by atoms with van der Waals surface area (Å²) in [5, 5.41) is 14.0. The van der Waals surface area contributed by atoms with Crippen molar-refractivity contribution in [3.63, 3.8) is 0 Å². The maximum Gasteiger partial charge on any atom is 0.323 e. The molecule has 0 bridgehead atoms. The molecule has 1 N–H and O–H groups in total. The van der Waals surface area contributed by atoms with E-state index in [4.69, 9.17) is 27.9 Å². The second-order valence-corrected chi connectivity index (χ2v) is 6.05. The van der Waals surface area contributed by atoms with E-state index < -0.39 is 22.7 Å². The molecule has 7 nitrogen and oxygen atoms in total. The van der Waals surface area contributed by atoms with Crippen LogP contribution in [0.15, 0.2) is 42.5 Å². The van der Waals surface area contributed by atoms with Crippen LogP contribution >= 0.6 is 23.2 Å². The third-order valence-electron chi connectivity index (χ3n) is 3.35. The number of anilines is 1. The molecule has 0 radical (unpaired) electrons. The van der Waals surface area contributed by atoms with E-state index in [1.54, 1.807) is 6.92 Å². The first-order valence-electron chi connectivity index (χ1n) is 7.49. The number of nitrogens with one attached hydrogen (secondary N) is 1. The SMILES string of the molecule is CCOC(=O)C(C(=O)Nc1cc(Cl)cc(Cl)c1)c1ccc([N+](=O)[O-])cc1. The molecule has 2 rings (SSSR count). The predicted octanol–water partition coefficient (Wildman–Crippen LogP) is 4.19. The molecule has 0 aliphatic rings. The Balaban J connectivity index is 2.32. The van der Waals surface area contributed by atoms with Gasteiger partial charge in [0.2, 0.25) is 5.91 Å². The van der Waals surface area contributed by atoms with Crippen LogP contribution in [0.3, 0.4) is 0 Å². The summed E-state index contributed by atoms with van der Waals surface area (Å²) in [6.45, 7) is 1.69. The largest absolute Gasteiger partial charge is 0.465 e. The van der Waals surface area contributed by atoms with Crippen molar-refractivity contribution in [2.75, 3.05) is 11.9 Å². The van der Waals surface area contributed by atoms with Gasteiger partial charge in [0.25, 0.3) is 5.69 Å². The van der Waals surface area contributed by atoms with Crippen LogP contribution in [0, 0.1) is 10.1 Å². The van der Waals surface area contributed by atoms with E-state index in [-0.39, 0.29) is 17.9 Å². The van der Waals surface area contributed by atoms with E-state index in [0.29, 0.717) is 15.7 Å². The third-order valence-corrected chi connectivity index (χ3v) is 3.79. The molecule has 136 valence electrons. The average Bonchev–Trinajstić information content (AvgIpc) is 2.54. The van der Waals surface area contributed by atoms with E-state index in [0.717, 1.165) is 0 Å². The predicted molar refractivity (Wildman–Crippen MR) is 97.6 cm³/mol. The van der Waals surface area contributed by atoms with Gasteiger partial charge in [0.1, 0.15) is 0 Å². The summed E-state index contributed by atoms with van der Waals surface area (Å²) in [5.74, 6) is -2.74. The number of amides is 1. The minimum atomic E-state index is -1.30. The van der Waals surface area contributed by atoms with Gasteiger partial charge in [-0.25, -0.2) is 0 Å². The van der Waals surface area contributed by atoms with Gasteiger partial charge in [0.15, 0.2) is 5.92 Å². The van der Waals surface area contributed by atoms with Crippen LogP contribution in [0.2, 0.25) is 10.0 Å². The molecular weight excluding hydrogens is 383 g/mol. The van der Waals surface area contributed by atoms with Gasteiger partial charge in [0.05, 0.1) is 11.5 Å². The molecule has 2 aromatic carbocycles. The summed E-state index contributed by atoms with van der Waals surface area (Å²) in [5.41, 5.74) is 0.418. The van der Waals surface area contributed by atoms with Crippen molar-refractivity contribution < 1.29 is 19.2 Å².